The van der Waals surface area contributed by atoms with Crippen LogP contribution in [-0.4, -0.2) is 17.1 Å². The highest BCUT2D eigenvalue weighted by molar-refractivity contribution is 5.73. The zero-order valence-electron chi connectivity index (χ0n) is 10.0. The van der Waals surface area contributed by atoms with Gasteiger partial charge in [-0.25, -0.2) is 0 Å². The largest absolute Gasteiger partial charge is 0.480 e. The molecule has 1 atom stereocenters. The average Bonchev–Trinajstić information content (AvgIpc) is 2.17. The van der Waals surface area contributed by atoms with Crippen LogP contribution in [0.15, 0.2) is 24.3 Å². The maximum absolute atomic E-state index is 10.8. The van der Waals surface area contributed by atoms with Gasteiger partial charge in [0.1, 0.15) is 6.04 Å². The third kappa shape index (κ3) is 3.07. The first-order valence-electron chi connectivity index (χ1n) is 5.38. The lowest BCUT2D eigenvalue weighted by Crippen LogP contribution is -2.36. The molecule has 3 heteroatoms. The molecule has 0 aromatic heterocycles. The van der Waals surface area contributed by atoms with Crippen LogP contribution in [0.1, 0.15) is 31.4 Å². The van der Waals surface area contributed by atoms with Crippen molar-refractivity contribution >= 4 is 5.97 Å². The molecule has 0 spiro atoms. The van der Waals surface area contributed by atoms with Gasteiger partial charge in [0.2, 0.25) is 0 Å². The second kappa shape index (κ2) is 4.66. The van der Waals surface area contributed by atoms with E-state index in [-0.39, 0.29) is 5.41 Å². The summed E-state index contributed by atoms with van der Waals surface area (Å²) in [6, 6.07) is 7.29. The maximum atomic E-state index is 10.8. The first kappa shape index (κ1) is 12.7. The van der Waals surface area contributed by atoms with Crippen molar-refractivity contribution in [1.29, 1.82) is 0 Å². The van der Waals surface area contributed by atoms with Crippen molar-refractivity contribution in [1.82, 2.24) is 0 Å². The number of hydrogen-bond acceptors (Lipinski definition) is 2. The Morgan fingerprint density at radius 1 is 1.50 bits per heavy atom. The van der Waals surface area contributed by atoms with Crippen molar-refractivity contribution in [2.24, 2.45) is 5.73 Å². The molecule has 0 fully saturated rings. The van der Waals surface area contributed by atoms with Crippen LogP contribution in [0.5, 0.6) is 0 Å². The number of aliphatic carboxylic acids is 1. The Morgan fingerprint density at radius 2 is 2.12 bits per heavy atom. The maximum Gasteiger partial charge on any atom is 0.320 e. The topological polar surface area (TPSA) is 63.3 Å². The monoisotopic (exact) mass is 221 g/mol. The zero-order chi connectivity index (χ0) is 12.3. The minimum atomic E-state index is -0.944. The van der Waals surface area contributed by atoms with Gasteiger partial charge in [-0.1, -0.05) is 43.7 Å². The smallest absolute Gasteiger partial charge is 0.320 e. The highest BCUT2D eigenvalue weighted by atomic mass is 16.4. The lowest BCUT2D eigenvalue weighted by molar-refractivity contribution is -0.139. The van der Waals surface area contributed by atoms with Crippen molar-refractivity contribution in [3.05, 3.63) is 35.4 Å². The summed E-state index contributed by atoms with van der Waals surface area (Å²) in [7, 11) is 0. The standard InChI is InChI=1S/C13H19NO2/c1-9-5-4-6-10(7-9)13(2,3)8-11(14)12(15)16/h4-7,11H,8,14H2,1-3H3,(H,15,16). The van der Waals surface area contributed by atoms with Crippen LogP contribution in [-0.2, 0) is 10.2 Å². The summed E-state index contributed by atoms with van der Waals surface area (Å²) in [5.74, 6) is -0.944. The molecule has 0 amide bonds. The fourth-order valence-corrected chi connectivity index (χ4v) is 1.82. The molecular weight excluding hydrogens is 202 g/mol. The van der Waals surface area contributed by atoms with Crippen LogP contribution in [0.4, 0.5) is 0 Å². The van der Waals surface area contributed by atoms with E-state index < -0.39 is 12.0 Å². The average molecular weight is 221 g/mol. The number of nitrogens with two attached hydrogens (primary N) is 1. The minimum Gasteiger partial charge on any atom is -0.480 e. The number of carbonyl (C=O) groups is 1. The summed E-state index contributed by atoms with van der Waals surface area (Å²) in [6.45, 7) is 6.06. The van der Waals surface area contributed by atoms with Gasteiger partial charge >= 0.3 is 5.97 Å². The Hall–Kier alpha value is -1.35. The van der Waals surface area contributed by atoms with Crippen LogP contribution in [0.2, 0.25) is 0 Å². The normalized spacial score (nSPS) is 13.5. The van der Waals surface area contributed by atoms with Crippen molar-refractivity contribution in [2.75, 3.05) is 0 Å². The molecule has 0 saturated heterocycles. The molecule has 0 heterocycles. The number of aryl methyl sites for hydroxylation is 1. The molecule has 88 valence electrons. The number of hydrogen-bond donors (Lipinski definition) is 2. The molecule has 0 radical (unpaired) electrons. The second-order valence-corrected chi connectivity index (χ2v) is 4.90. The molecule has 1 unspecified atom stereocenters. The zero-order valence-corrected chi connectivity index (χ0v) is 10.0. The van der Waals surface area contributed by atoms with Crippen LogP contribution in [0.3, 0.4) is 0 Å². The summed E-state index contributed by atoms with van der Waals surface area (Å²) in [5, 5.41) is 8.82. The lowest BCUT2D eigenvalue weighted by Gasteiger charge is -2.27. The number of carboxylic acid groups (broad SMARTS) is 1. The van der Waals surface area contributed by atoms with Gasteiger partial charge in [0.05, 0.1) is 0 Å². The van der Waals surface area contributed by atoms with E-state index in [1.165, 1.54) is 5.56 Å². The van der Waals surface area contributed by atoms with Gasteiger partial charge in [-0.05, 0) is 24.3 Å². The first-order chi connectivity index (χ1) is 7.33. The van der Waals surface area contributed by atoms with Crippen LogP contribution < -0.4 is 5.73 Å². The molecular formula is C13H19NO2. The number of benzene rings is 1. The van der Waals surface area contributed by atoms with Gasteiger partial charge in [0.25, 0.3) is 0 Å². The summed E-state index contributed by atoms with van der Waals surface area (Å²) in [4.78, 5) is 10.8. The fourth-order valence-electron chi connectivity index (χ4n) is 1.82. The van der Waals surface area contributed by atoms with Crippen molar-refractivity contribution in [3.63, 3.8) is 0 Å². The summed E-state index contributed by atoms with van der Waals surface area (Å²) < 4.78 is 0. The van der Waals surface area contributed by atoms with E-state index >= 15 is 0 Å². The molecule has 3 N–H and O–H groups in total. The molecule has 0 aliphatic rings. The molecule has 1 aromatic carbocycles. The van der Waals surface area contributed by atoms with Crippen molar-refractivity contribution in [2.45, 2.75) is 38.6 Å². The summed E-state index contributed by atoms with van der Waals surface area (Å²) in [6.07, 6.45) is 0.436. The van der Waals surface area contributed by atoms with E-state index in [0.717, 1.165) is 5.56 Å². The summed E-state index contributed by atoms with van der Waals surface area (Å²) >= 11 is 0. The molecule has 1 rings (SSSR count). The molecule has 3 nitrogen and oxygen atoms in total. The third-order valence-electron chi connectivity index (χ3n) is 2.85. The molecule has 0 bridgehead atoms. The number of rotatable bonds is 4. The van der Waals surface area contributed by atoms with E-state index in [1.54, 1.807) is 0 Å². The fraction of sp³-hybridized carbons (Fsp3) is 0.462. The van der Waals surface area contributed by atoms with Crippen LogP contribution >= 0.6 is 0 Å². The van der Waals surface area contributed by atoms with Gasteiger partial charge in [0.15, 0.2) is 0 Å². The minimum absolute atomic E-state index is 0.218. The van der Waals surface area contributed by atoms with Gasteiger partial charge < -0.3 is 10.8 Å². The Morgan fingerprint density at radius 3 is 2.62 bits per heavy atom. The Bertz CT molecular complexity index is 385. The van der Waals surface area contributed by atoms with Crippen molar-refractivity contribution in [3.8, 4) is 0 Å². The van der Waals surface area contributed by atoms with Gasteiger partial charge in [0, 0.05) is 0 Å². The van der Waals surface area contributed by atoms with Gasteiger partial charge in [-0.3, -0.25) is 4.79 Å². The van der Waals surface area contributed by atoms with E-state index in [2.05, 4.69) is 6.07 Å². The Labute approximate surface area is 96.3 Å². The molecule has 0 saturated carbocycles. The quantitative estimate of drug-likeness (QED) is 0.818. The highest BCUT2D eigenvalue weighted by Gasteiger charge is 2.26. The van der Waals surface area contributed by atoms with E-state index in [1.807, 2.05) is 39.0 Å². The third-order valence-corrected chi connectivity index (χ3v) is 2.85. The van der Waals surface area contributed by atoms with Crippen molar-refractivity contribution < 1.29 is 9.90 Å². The van der Waals surface area contributed by atoms with Crippen LogP contribution in [0.25, 0.3) is 0 Å². The van der Waals surface area contributed by atoms with Gasteiger partial charge in [-0.15, -0.1) is 0 Å². The SMILES string of the molecule is Cc1cccc(C(C)(C)CC(N)C(=O)O)c1. The predicted molar refractivity (Wildman–Crippen MR) is 64.4 cm³/mol. The molecule has 16 heavy (non-hydrogen) atoms. The molecule has 0 aliphatic carbocycles. The predicted octanol–water partition coefficient (Wildman–Crippen LogP) is 2.07. The van der Waals surface area contributed by atoms with E-state index in [0.29, 0.717) is 6.42 Å². The first-order valence-corrected chi connectivity index (χ1v) is 5.38. The second-order valence-electron chi connectivity index (χ2n) is 4.90. The Balaban J connectivity index is 2.89. The van der Waals surface area contributed by atoms with E-state index in [9.17, 15) is 4.79 Å². The molecule has 0 aliphatic heterocycles. The summed E-state index contributed by atoms with van der Waals surface area (Å²) in [5.41, 5.74) is 7.66. The number of carboxylic acids is 1. The highest BCUT2D eigenvalue weighted by Crippen LogP contribution is 2.28. The van der Waals surface area contributed by atoms with Crippen LogP contribution in [0, 0.1) is 6.92 Å². The van der Waals surface area contributed by atoms with Gasteiger partial charge in [-0.2, -0.15) is 0 Å². The molecule has 1 aromatic rings. The van der Waals surface area contributed by atoms with E-state index in [4.69, 9.17) is 10.8 Å². The Kier molecular flexibility index (Phi) is 3.70. The lowest BCUT2D eigenvalue weighted by atomic mass is 9.79.